The van der Waals surface area contributed by atoms with Crippen LogP contribution >= 0.6 is 0 Å². The highest BCUT2D eigenvalue weighted by Crippen LogP contribution is 2.29. The molecule has 0 saturated heterocycles. The lowest BCUT2D eigenvalue weighted by Crippen LogP contribution is -2.34. The van der Waals surface area contributed by atoms with Crippen LogP contribution in [0.2, 0.25) is 0 Å². The summed E-state index contributed by atoms with van der Waals surface area (Å²) in [6.45, 7) is 2.86. The Bertz CT molecular complexity index is 572. The second kappa shape index (κ2) is 5.64. The zero-order valence-corrected chi connectivity index (χ0v) is 12.2. The van der Waals surface area contributed by atoms with E-state index in [-0.39, 0.29) is 0 Å². The molecule has 0 atom stereocenters. The van der Waals surface area contributed by atoms with E-state index in [1.807, 2.05) is 13.1 Å². The van der Waals surface area contributed by atoms with Crippen LogP contribution in [0.4, 0.5) is 11.8 Å². The number of hydrogen-bond donors (Lipinski definition) is 2. The van der Waals surface area contributed by atoms with Crippen LogP contribution in [0.1, 0.15) is 39.0 Å². The molecule has 1 saturated carbocycles. The number of H-pyrrole nitrogens is 1. The summed E-state index contributed by atoms with van der Waals surface area (Å²) in [7, 11) is 2.14. The number of anilines is 2. The van der Waals surface area contributed by atoms with Gasteiger partial charge in [-0.15, -0.1) is 0 Å². The van der Waals surface area contributed by atoms with Crippen LogP contribution in [0.5, 0.6) is 0 Å². The van der Waals surface area contributed by atoms with Crippen molar-refractivity contribution in [3.8, 4) is 0 Å². The number of nitrogens with zero attached hydrogens (tertiary/aromatic N) is 4. The highest BCUT2D eigenvalue weighted by Gasteiger charge is 2.22. The molecule has 6 nitrogen and oxygen atoms in total. The zero-order chi connectivity index (χ0) is 13.9. The Morgan fingerprint density at radius 3 is 2.85 bits per heavy atom. The molecule has 1 aliphatic rings. The van der Waals surface area contributed by atoms with Gasteiger partial charge in [0.2, 0.25) is 5.95 Å². The molecule has 0 spiro atoms. The van der Waals surface area contributed by atoms with Gasteiger partial charge in [-0.25, -0.2) is 0 Å². The van der Waals surface area contributed by atoms with E-state index in [0.29, 0.717) is 12.0 Å². The molecule has 2 aromatic rings. The van der Waals surface area contributed by atoms with Crippen molar-refractivity contribution in [3.05, 3.63) is 6.20 Å². The van der Waals surface area contributed by atoms with Crippen molar-refractivity contribution >= 4 is 22.8 Å². The van der Waals surface area contributed by atoms with Gasteiger partial charge in [0.15, 0.2) is 5.65 Å². The molecule has 0 aromatic carbocycles. The van der Waals surface area contributed by atoms with Crippen LogP contribution in [-0.2, 0) is 0 Å². The molecule has 1 aliphatic carbocycles. The van der Waals surface area contributed by atoms with E-state index in [2.05, 4.69) is 37.4 Å². The lowest BCUT2D eigenvalue weighted by molar-refractivity contribution is 0.426. The average molecular weight is 274 g/mol. The lowest BCUT2D eigenvalue weighted by Gasteiger charge is -2.32. The first kappa shape index (κ1) is 13.1. The highest BCUT2D eigenvalue weighted by molar-refractivity contribution is 5.87. The van der Waals surface area contributed by atoms with Gasteiger partial charge in [0.25, 0.3) is 0 Å². The van der Waals surface area contributed by atoms with E-state index >= 15 is 0 Å². The van der Waals surface area contributed by atoms with Crippen LogP contribution < -0.4 is 10.2 Å². The molecule has 3 rings (SSSR count). The SMILES string of the molecule is CCNc1nc(N(C)C2CCCCC2)c2cn[nH]c2n1. The summed E-state index contributed by atoms with van der Waals surface area (Å²) in [5.74, 6) is 1.65. The largest absolute Gasteiger partial charge is 0.356 e. The zero-order valence-electron chi connectivity index (χ0n) is 12.2. The Kier molecular flexibility index (Phi) is 3.71. The summed E-state index contributed by atoms with van der Waals surface area (Å²) in [6.07, 6.45) is 8.30. The van der Waals surface area contributed by atoms with Crippen LogP contribution in [0, 0.1) is 0 Å². The molecule has 0 unspecified atom stereocenters. The van der Waals surface area contributed by atoms with E-state index < -0.39 is 0 Å². The lowest BCUT2D eigenvalue weighted by atomic mass is 9.94. The summed E-state index contributed by atoms with van der Waals surface area (Å²) in [6, 6.07) is 0.575. The fourth-order valence-corrected chi connectivity index (χ4v) is 2.97. The fraction of sp³-hybridized carbons (Fsp3) is 0.643. The maximum absolute atomic E-state index is 4.68. The van der Waals surface area contributed by atoms with Crippen molar-refractivity contribution in [1.29, 1.82) is 0 Å². The van der Waals surface area contributed by atoms with E-state index in [4.69, 9.17) is 0 Å². The smallest absolute Gasteiger partial charge is 0.226 e. The Labute approximate surface area is 119 Å². The monoisotopic (exact) mass is 274 g/mol. The minimum atomic E-state index is 0.575. The molecule has 6 heteroatoms. The molecule has 1 fully saturated rings. The maximum atomic E-state index is 4.68. The first-order chi connectivity index (χ1) is 9.79. The third kappa shape index (κ3) is 2.42. The molecular formula is C14H22N6. The second-order valence-electron chi connectivity index (χ2n) is 5.44. The first-order valence-corrected chi connectivity index (χ1v) is 7.47. The Morgan fingerprint density at radius 1 is 1.30 bits per heavy atom. The van der Waals surface area contributed by atoms with Crippen molar-refractivity contribution in [2.24, 2.45) is 0 Å². The molecule has 2 N–H and O–H groups in total. The van der Waals surface area contributed by atoms with Crippen molar-refractivity contribution in [1.82, 2.24) is 20.2 Å². The number of hydrogen-bond acceptors (Lipinski definition) is 5. The van der Waals surface area contributed by atoms with Crippen molar-refractivity contribution in [3.63, 3.8) is 0 Å². The van der Waals surface area contributed by atoms with Gasteiger partial charge in [-0.05, 0) is 19.8 Å². The van der Waals surface area contributed by atoms with E-state index in [1.54, 1.807) is 0 Å². The van der Waals surface area contributed by atoms with Gasteiger partial charge < -0.3 is 10.2 Å². The molecule has 0 amide bonds. The van der Waals surface area contributed by atoms with Gasteiger partial charge in [0.1, 0.15) is 5.82 Å². The minimum absolute atomic E-state index is 0.575. The Hall–Kier alpha value is -1.85. The number of aromatic amines is 1. The molecule has 20 heavy (non-hydrogen) atoms. The van der Waals surface area contributed by atoms with Gasteiger partial charge in [-0.1, -0.05) is 19.3 Å². The van der Waals surface area contributed by atoms with Gasteiger partial charge in [-0.2, -0.15) is 15.1 Å². The van der Waals surface area contributed by atoms with Gasteiger partial charge in [-0.3, -0.25) is 5.10 Å². The molecular weight excluding hydrogens is 252 g/mol. The van der Waals surface area contributed by atoms with Crippen LogP contribution in [0.15, 0.2) is 6.20 Å². The molecule has 0 bridgehead atoms. The predicted octanol–water partition coefficient (Wildman–Crippen LogP) is 2.55. The summed E-state index contributed by atoms with van der Waals surface area (Å²) in [5.41, 5.74) is 0.800. The first-order valence-electron chi connectivity index (χ1n) is 7.47. The molecule has 108 valence electrons. The fourth-order valence-electron chi connectivity index (χ4n) is 2.97. The second-order valence-corrected chi connectivity index (χ2v) is 5.44. The standard InChI is InChI=1S/C14H22N6/c1-3-15-14-17-12-11(9-16-19-12)13(18-14)20(2)10-7-5-4-6-8-10/h9-10H,3-8H2,1-2H3,(H2,15,16,17,18,19). The summed E-state index contributed by atoms with van der Waals surface area (Å²) >= 11 is 0. The van der Waals surface area contributed by atoms with Gasteiger partial charge in [0, 0.05) is 19.6 Å². The van der Waals surface area contributed by atoms with Crippen LogP contribution in [-0.4, -0.2) is 39.8 Å². The third-order valence-electron chi connectivity index (χ3n) is 4.08. The average Bonchev–Trinajstić information content (AvgIpc) is 2.95. The van der Waals surface area contributed by atoms with Crippen LogP contribution in [0.25, 0.3) is 11.0 Å². The summed E-state index contributed by atoms with van der Waals surface area (Å²) in [5, 5.41) is 11.2. The predicted molar refractivity (Wildman–Crippen MR) is 81.1 cm³/mol. The molecule has 0 radical (unpaired) electrons. The summed E-state index contributed by atoms with van der Waals surface area (Å²) < 4.78 is 0. The normalized spacial score (nSPS) is 16.5. The number of rotatable bonds is 4. The summed E-state index contributed by atoms with van der Waals surface area (Å²) in [4.78, 5) is 11.4. The van der Waals surface area contributed by atoms with Crippen molar-refractivity contribution in [2.75, 3.05) is 23.8 Å². The third-order valence-corrected chi connectivity index (χ3v) is 4.08. The number of aromatic nitrogens is 4. The van der Waals surface area contributed by atoms with E-state index in [1.165, 1.54) is 32.1 Å². The maximum Gasteiger partial charge on any atom is 0.226 e. The van der Waals surface area contributed by atoms with Crippen molar-refractivity contribution in [2.45, 2.75) is 45.1 Å². The Morgan fingerprint density at radius 2 is 2.10 bits per heavy atom. The molecule has 0 aliphatic heterocycles. The highest BCUT2D eigenvalue weighted by atomic mass is 15.3. The van der Waals surface area contributed by atoms with Gasteiger partial charge >= 0.3 is 0 Å². The van der Waals surface area contributed by atoms with Gasteiger partial charge in [0.05, 0.1) is 11.6 Å². The number of fused-ring (bicyclic) bond motifs is 1. The topological polar surface area (TPSA) is 69.7 Å². The minimum Gasteiger partial charge on any atom is -0.356 e. The Balaban J connectivity index is 1.97. The quantitative estimate of drug-likeness (QED) is 0.896. The van der Waals surface area contributed by atoms with Crippen LogP contribution in [0.3, 0.4) is 0 Å². The number of nitrogens with one attached hydrogen (secondary N) is 2. The van der Waals surface area contributed by atoms with E-state index in [0.717, 1.165) is 23.4 Å². The molecule has 2 heterocycles. The van der Waals surface area contributed by atoms with E-state index in [9.17, 15) is 0 Å². The van der Waals surface area contributed by atoms with Crippen molar-refractivity contribution < 1.29 is 0 Å². The molecule has 2 aromatic heterocycles.